The molecule has 138 valence electrons. The lowest BCUT2D eigenvalue weighted by Gasteiger charge is -2.31. The summed E-state index contributed by atoms with van der Waals surface area (Å²) in [6.45, 7) is 17.6. The highest BCUT2D eigenvalue weighted by Crippen LogP contribution is 2.13. The van der Waals surface area contributed by atoms with Crippen molar-refractivity contribution in [2.75, 3.05) is 47.3 Å². The maximum absolute atomic E-state index is 4.32. The van der Waals surface area contributed by atoms with E-state index in [1.807, 2.05) is 7.05 Å². The Morgan fingerprint density at radius 1 is 1.04 bits per heavy atom. The molecule has 0 heterocycles. The van der Waals surface area contributed by atoms with Crippen molar-refractivity contribution in [2.24, 2.45) is 10.4 Å². The number of hydrogen-bond acceptors (Lipinski definition) is 3. The minimum atomic E-state index is 0.215. The molecule has 2 N–H and O–H groups in total. The van der Waals surface area contributed by atoms with Crippen LogP contribution in [0.15, 0.2) is 4.99 Å². The van der Waals surface area contributed by atoms with E-state index in [1.165, 1.54) is 0 Å². The molecule has 0 saturated heterocycles. The molecule has 23 heavy (non-hydrogen) atoms. The zero-order chi connectivity index (χ0) is 18.0. The van der Waals surface area contributed by atoms with Crippen molar-refractivity contribution in [2.45, 2.75) is 60.0 Å². The molecule has 0 spiro atoms. The molecule has 0 aliphatic carbocycles. The van der Waals surface area contributed by atoms with Gasteiger partial charge in [0.25, 0.3) is 0 Å². The number of nitrogens with zero attached hydrogens (tertiary/aromatic N) is 3. The van der Waals surface area contributed by atoms with Gasteiger partial charge in [-0.2, -0.15) is 0 Å². The molecule has 0 aliphatic rings. The highest BCUT2D eigenvalue weighted by atomic mass is 15.2. The van der Waals surface area contributed by atoms with Crippen LogP contribution in [0, 0.1) is 5.41 Å². The van der Waals surface area contributed by atoms with Crippen molar-refractivity contribution >= 4 is 5.96 Å². The van der Waals surface area contributed by atoms with Crippen molar-refractivity contribution < 1.29 is 0 Å². The number of nitrogens with one attached hydrogen (secondary N) is 2. The minimum Gasteiger partial charge on any atom is -0.356 e. The molecule has 5 nitrogen and oxygen atoms in total. The van der Waals surface area contributed by atoms with E-state index in [0.29, 0.717) is 12.1 Å². The second-order valence-corrected chi connectivity index (χ2v) is 8.03. The maximum Gasteiger partial charge on any atom is 0.190 e. The highest BCUT2D eigenvalue weighted by molar-refractivity contribution is 5.79. The van der Waals surface area contributed by atoms with Gasteiger partial charge < -0.3 is 15.5 Å². The summed E-state index contributed by atoms with van der Waals surface area (Å²) in [5.74, 6) is 0.900. The molecule has 0 saturated carbocycles. The van der Waals surface area contributed by atoms with E-state index in [0.717, 1.165) is 38.6 Å². The molecule has 0 aromatic heterocycles. The molecular weight excluding hydrogens is 286 g/mol. The quantitative estimate of drug-likeness (QED) is 0.367. The molecule has 0 bridgehead atoms. The van der Waals surface area contributed by atoms with E-state index >= 15 is 0 Å². The first-order valence-corrected chi connectivity index (χ1v) is 8.94. The van der Waals surface area contributed by atoms with Crippen LogP contribution in [0.3, 0.4) is 0 Å². The summed E-state index contributed by atoms with van der Waals surface area (Å²) in [5, 5.41) is 6.87. The van der Waals surface area contributed by atoms with Crippen molar-refractivity contribution in [3.05, 3.63) is 0 Å². The van der Waals surface area contributed by atoms with Gasteiger partial charge in [-0.3, -0.25) is 9.89 Å². The predicted molar refractivity (Wildman–Crippen MR) is 103 cm³/mol. The van der Waals surface area contributed by atoms with Crippen molar-refractivity contribution in [3.8, 4) is 0 Å². The van der Waals surface area contributed by atoms with Crippen LogP contribution in [-0.2, 0) is 0 Å². The second kappa shape index (κ2) is 10.9. The third kappa shape index (κ3) is 10.6. The van der Waals surface area contributed by atoms with Crippen LogP contribution >= 0.6 is 0 Å². The zero-order valence-corrected chi connectivity index (χ0v) is 17.0. The van der Waals surface area contributed by atoms with E-state index in [9.17, 15) is 0 Å². The van der Waals surface area contributed by atoms with Crippen LogP contribution in [0.4, 0.5) is 0 Å². The second-order valence-electron chi connectivity index (χ2n) is 8.03. The standard InChI is InChI=1S/C18H41N5/c1-15(2)23(16(3)4)12-10-11-20-17(19-7)21-13-18(5,6)14-22(8)9/h15-16H,10-14H2,1-9H3,(H2,19,20,21). The molecule has 0 unspecified atom stereocenters. The fourth-order valence-corrected chi connectivity index (χ4v) is 3.04. The predicted octanol–water partition coefficient (Wildman–Crippen LogP) is 2.25. The van der Waals surface area contributed by atoms with Gasteiger partial charge in [-0.15, -0.1) is 0 Å². The Hall–Kier alpha value is -0.810. The molecule has 5 heteroatoms. The third-order valence-electron chi connectivity index (χ3n) is 3.91. The Kier molecular flexibility index (Phi) is 10.5. The topological polar surface area (TPSA) is 42.9 Å². The lowest BCUT2D eigenvalue weighted by Crippen LogP contribution is -2.45. The summed E-state index contributed by atoms with van der Waals surface area (Å²) in [5.41, 5.74) is 0.215. The van der Waals surface area contributed by atoms with Gasteiger partial charge >= 0.3 is 0 Å². The van der Waals surface area contributed by atoms with Crippen LogP contribution in [0.25, 0.3) is 0 Å². The van der Waals surface area contributed by atoms with Crippen molar-refractivity contribution in [3.63, 3.8) is 0 Å². The van der Waals surface area contributed by atoms with Crippen LogP contribution in [0.1, 0.15) is 48.0 Å². The minimum absolute atomic E-state index is 0.215. The number of hydrogen-bond donors (Lipinski definition) is 2. The Bertz CT molecular complexity index is 326. The van der Waals surface area contributed by atoms with E-state index in [-0.39, 0.29) is 5.41 Å². The molecule has 0 atom stereocenters. The third-order valence-corrected chi connectivity index (χ3v) is 3.91. The first-order chi connectivity index (χ1) is 10.6. The monoisotopic (exact) mass is 327 g/mol. The van der Waals surface area contributed by atoms with E-state index in [1.54, 1.807) is 0 Å². The summed E-state index contributed by atoms with van der Waals surface area (Å²) in [6, 6.07) is 1.19. The maximum atomic E-state index is 4.32. The Labute approximate surface area is 144 Å². The SMILES string of the molecule is CN=C(NCCCN(C(C)C)C(C)C)NCC(C)(C)CN(C)C. The summed E-state index contributed by atoms with van der Waals surface area (Å²) in [4.78, 5) is 9.08. The molecule has 0 fully saturated rings. The molecular formula is C18H41N5. The molecule has 0 aromatic carbocycles. The average Bonchev–Trinajstić information content (AvgIpc) is 2.39. The van der Waals surface area contributed by atoms with Gasteiger partial charge in [0.1, 0.15) is 0 Å². The molecule has 0 aromatic rings. The molecule has 0 amide bonds. The first-order valence-electron chi connectivity index (χ1n) is 8.94. The number of aliphatic imine (C=N–C) groups is 1. The van der Waals surface area contributed by atoms with Crippen LogP contribution in [0.5, 0.6) is 0 Å². The van der Waals surface area contributed by atoms with E-state index in [2.05, 4.69) is 81.1 Å². The molecule has 0 radical (unpaired) electrons. The van der Waals surface area contributed by atoms with Gasteiger partial charge in [0.15, 0.2) is 5.96 Å². The van der Waals surface area contributed by atoms with Gasteiger partial charge in [0.2, 0.25) is 0 Å². The smallest absolute Gasteiger partial charge is 0.190 e. The lowest BCUT2D eigenvalue weighted by atomic mass is 9.93. The van der Waals surface area contributed by atoms with Crippen molar-refractivity contribution in [1.82, 2.24) is 20.4 Å². The van der Waals surface area contributed by atoms with Gasteiger partial charge in [0, 0.05) is 45.3 Å². The summed E-state index contributed by atoms with van der Waals surface area (Å²) in [7, 11) is 6.07. The fraction of sp³-hybridized carbons (Fsp3) is 0.944. The van der Waals surface area contributed by atoms with Crippen LogP contribution in [0.2, 0.25) is 0 Å². The van der Waals surface area contributed by atoms with Crippen LogP contribution < -0.4 is 10.6 Å². The average molecular weight is 328 g/mol. The molecule has 0 rings (SSSR count). The summed E-state index contributed by atoms with van der Waals surface area (Å²) in [6.07, 6.45) is 1.12. The van der Waals surface area contributed by atoms with E-state index in [4.69, 9.17) is 0 Å². The number of rotatable bonds is 10. The first kappa shape index (κ1) is 22.2. The Morgan fingerprint density at radius 3 is 2.04 bits per heavy atom. The fourth-order valence-electron chi connectivity index (χ4n) is 3.04. The number of guanidine groups is 1. The summed E-state index contributed by atoms with van der Waals surface area (Å²) < 4.78 is 0. The highest BCUT2D eigenvalue weighted by Gasteiger charge is 2.19. The van der Waals surface area contributed by atoms with Crippen LogP contribution in [-0.4, -0.2) is 75.2 Å². The van der Waals surface area contributed by atoms with Gasteiger partial charge in [-0.05, 0) is 53.6 Å². The zero-order valence-electron chi connectivity index (χ0n) is 17.0. The Morgan fingerprint density at radius 2 is 1.61 bits per heavy atom. The van der Waals surface area contributed by atoms with Gasteiger partial charge in [-0.1, -0.05) is 13.8 Å². The largest absolute Gasteiger partial charge is 0.356 e. The van der Waals surface area contributed by atoms with E-state index < -0.39 is 0 Å². The van der Waals surface area contributed by atoms with Gasteiger partial charge in [0.05, 0.1) is 0 Å². The lowest BCUT2D eigenvalue weighted by molar-refractivity contribution is 0.173. The normalized spacial score (nSPS) is 13.5. The van der Waals surface area contributed by atoms with Crippen molar-refractivity contribution in [1.29, 1.82) is 0 Å². The Balaban J connectivity index is 4.13. The summed E-state index contributed by atoms with van der Waals surface area (Å²) >= 11 is 0. The van der Waals surface area contributed by atoms with Gasteiger partial charge in [-0.25, -0.2) is 0 Å². The molecule has 0 aliphatic heterocycles.